The van der Waals surface area contributed by atoms with Crippen molar-refractivity contribution in [2.75, 3.05) is 4.72 Å². The van der Waals surface area contributed by atoms with Crippen LogP contribution in [0.4, 0.5) is 5.95 Å². The van der Waals surface area contributed by atoms with E-state index in [-0.39, 0.29) is 10.8 Å². The molecule has 0 spiro atoms. The molecule has 0 aliphatic carbocycles. The van der Waals surface area contributed by atoms with Crippen molar-refractivity contribution in [3.8, 4) is 0 Å². The SMILES string of the molecule is Cc1nnc(NS(=O)(=O)c2ccc(CN)cc2)nc1C. The van der Waals surface area contributed by atoms with E-state index in [0.29, 0.717) is 17.9 Å². The maximum atomic E-state index is 12.1. The lowest BCUT2D eigenvalue weighted by Gasteiger charge is -2.07. The average Bonchev–Trinajstić information content (AvgIpc) is 2.43. The van der Waals surface area contributed by atoms with Gasteiger partial charge in [0.25, 0.3) is 16.0 Å². The number of aromatic nitrogens is 3. The van der Waals surface area contributed by atoms with E-state index in [1.54, 1.807) is 26.0 Å². The molecule has 1 aromatic carbocycles. The van der Waals surface area contributed by atoms with Gasteiger partial charge >= 0.3 is 0 Å². The third-order valence-corrected chi connectivity index (χ3v) is 4.13. The molecule has 7 nitrogen and oxygen atoms in total. The van der Waals surface area contributed by atoms with Crippen LogP contribution in [0.25, 0.3) is 0 Å². The first kappa shape index (κ1) is 14.4. The van der Waals surface area contributed by atoms with E-state index in [4.69, 9.17) is 5.73 Å². The molecule has 0 radical (unpaired) electrons. The summed E-state index contributed by atoms with van der Waals surface area (Å²) in [5.41, 5.74) is 7.60. The molecule has 0 aliphatic heterocycles. The standard InChI is InChI=1S/C12H15N5O2S/c1-8-9(2)15-16-12(14-8)17-20(18,19)11-5-3-10(7-13)4-6-11/h3-6H,7,13H2,1-2H3,(H,14,16,17). The highest BCUT2D eigenvalue weighted by atomic mass is 32.2. The van der Waals surface area contributed by atoms with Crippen LogP contribution in [0, 0.1) is 13.8 Å². The summed E-state index contributed by atoms with van der Waals surface area (Å²) in [6, 6.07) is 6.29. The molecule has 2 rings (SSSR count). The van der Waals surface area contributed by atoms with Crippen LogP contribution in [-0.2, 0) is 16.6 Å². The number of nitrogens with two attached hydrogens (primary N) is 1. The van der Waals surface area contributed by atoms with Crippen molar-refractivity contribution in [1.29, 1.82) is 0 Å². The number of sulfonamides is 1. The predicted octanol–water partition coefficient (Wildman–Crippen LogP) is 0.748. The fraction of sp³-hybridized carbons (Fsp3) is 0.250. The summed E-state index contributed by atoms with van der Waals surface area (Å²) in [5, 5.41) is 7.54. The van der Waals surface area contributed by atoms with E-state index in [9.17, 15) is 8.42 Å². The quantitative estimate of drug-likeness (QED) is 0.860. The molecule has 20 heavy (non-hydrogen) atoms. The maximum absolute atomic E-state index is 12.1. The van der Waals surface area contributed by atoms with Crippen LogP contribution in [0.3, 0.4) is 0 Å². The van der Waals surface area contributed by atoms with Gasteiger partial charge in [0.1, 0.15) is 0 Å². The molecule has 0 aliphatic rings. The van der Waals surface area contributed by atoms with E-state index in [0.717, 1.165) is 5.56 Å². The Balaban J connectivity index is 2.27. The molecular formula is C12H15N5O2S. The highest BCUT2D eigenvalue weighted by Gasteiger charge is 2.16. The van der Waals surface area contributed by atoms with E-state index >= 15 is 0 Å². The minimum atomic E-state index is -3.72. The second kappa shape index (κ2) is 5.51. The fourth-order valence-corrected chi connectivity index (χ4v) is 2.42. The Morgan fingerprint density at radius 2 is 1.75 bits per heavy atom. The highest BCUT2D eigenvalue weighted by Crippen LogP contribution is 2.14. The summed E-state index contributed by atoms with van der Waals surface area (Å²) in [5.74, 6) is -0.0454. The highest BCUT2D eigenvalue weighted by molar-refractivity contribution is 7.92. The molecule has 1 heterocycles. The molecule has 3 N–H and O–H groups in total. The summed E-state index contributed by atoms with van der Waals surface area (Å²) in [6.45, 7) is 3.84. The smallest absolute Gasteiger partial charge is 0.264 e. The molecule has 0 saturated carbocycles. The Hall–Kier alpha value is -2.06. The molecule has 0 bridgehead atoms. The van der Waals surface area contributed by atoms with Crippen molar-refractivity contribution in [3.63, 3.8) is 0 Å². The lowest BCUT2D eigenvalue weighted by Crippen LogP contribution is -2.16. The zero-order valence-electron chi connectivity index (χ0n) is 11.2. The minimum Gasteiger partial charge on any atom is -0.326 e. The van der Waals surface area contributed by atoms with Crippen molar-refractivity contribution >= 4 is 16.0 Å². The number of anilines is 1. The second-order valence-electron chi connectivity index (χ2n) is 4.26. The Kier molecular flexibility index (Phi) is 3.96. The number of aryl methyl sites for hydroxylation is 2. The van der Waals surface area contributed by atoms with Gasteiger partial charge in [0.2, 0.25) is 0 Å². The van der Waals surface area contributed by atoms with E-state index in [1.807, 2.05) is 0 Å². The van der Waals surface area contributed by atoms with E-state index < -0.39 is 10.0 Å². The summed E-state index contributed by atoms with van der Waals surface area (Å²) in [6.07, 6.45) is 0. The van der Waals surface area contributed by atoms with E-state index in [2.05, 4.69) is 19.9 Å². The third-order valence-electron chi connectivity index (χ3n) is 2.79. The normalized spacial score (nSPS) is 11.3. The summed E-state index contributed by atoms with van der Waals surface area (Å²) >= 11 is 0. The number of rotatable bonds is 4. The first-order valence-electron chi connectivity index (χ1n) is 5.92. The van der Waals surface area contributed by atoms with Gasteiger partial charge in [-0.1, -0.05) is 12.1 Å². The van der Waals surface area contributed by atoms with Gasteiger partial charge in [-0.2, -0.15) is 5.10 Å². The molecule has 2 aromatic rings. The van der Waals surface area contributed by atoms with Crippen LogP contribution >= 0.6 is 0 Å². The van der Waals surface area contributed by atoms with Gasteiger partial charge in [0, 0.05) is 6.54 Å². The number of hydrogen-bond acceptors (Lipinski definition) is 6. The molecule has 0 saturated heterocycles. The topological polar surface area (TPSA) is 111 Å². The molecule has 0 fully saturated rings. The molecule has 106 valence electrons. The van der Waals surface area contributed by atoms with Gasteiger partial charge < -0.3 is 5.73 Å². The largest absolute Gasteiger partial charge is 0.326 e. The molecule has 0 unspecified atom stereocenters. The molecular weight excluding hydrogens is 278 g/mol. The Morgan fingerprint density at radius 1 is 1.10 bits per heavy atom. The van der Waals surface area contributed by atoms with Crippen molar-refractivity contribution in [3.05, 3.63) is 41.2 Å². The number of benzene rings is 1. The van der Waals surface area contributed by atoms with Gasteiger partial charge in [0.15, 0.2) is 0 Å². The van der Waals surface area contributed by atoms with Crippen LogP contribution in [0.5, 0.6) is 0 Å². The Labute approximate surface area is 117 Å². The van der Waals surface area contributed by atoms with Gasteiger partial charge in [-0.25, -0.2) is 18.1 Å². The lowest BCUT2D eigenvalue weighted by atomic mass is 10.2. The minimum absolute atomic E-state index is 0.0454. The average molecular weight is 293 g/mol. The van der Waals surface area contributed by atoms with Crippen LogP contribution < -0.4 is 10.5 Å². The Morgan fingerprint density at radius 3 is 2.30 bits per heavy atom. The van der Waals surface area contributed by atoms with Crippen LogP contribution in [-0.4, -0.2) is 23.6 Å². The van der Waals surface area contributed by atoms with Gasteiger partial charge in [0.05, 0.1) is 16.3 Å². The zero-order chi connectivity index (χ0) is 14.8. The van der Waals surface area contributed by atoms with Crippen molar-refractivity contribution in [2.45, 2.75) is 25.3 Å². The monoisotopic (exact) mass is 293 g/mol. The first-order chi connectivity index (χ1) is 9.42. The van der Waals surface area contributed by atoms with Gasteiger partial charge in [-0.05, 0) is 31.5 Å². The summed E-state index contributed by atoms with van der Waals surface area (Å²) in [4.78, 5) is 4.16. The Bertz CT molecular complexity index is 713. The van der Waals surface area contributed by atoms with E-state index in [1.165, 1.54) is 12.1 Å². The second-order valence-corrected chi connectivity index (χ2v) is 5.94. The number of nitrogens with one attached hydrogen (secondary N) is 1. The summed E-state index contributed by atoms with van der Waals surface area (Å²) in [7, 11) is -3.72. The summed E-state index contributed by atoms with van der Waals surface area (Å²) < 4.78 is 26.6. The number of hydrogen-bond donors (Lipinski definition) is 2. The van der Waals surface area contributed by atoms with Gasteiger partial charge in [-0.3, -0.25) is 0 Å². The van der Waals surface area contributed by atoms with Crippen LogP contribution in [0.15, 0.2) is 29.2 Å². The van der Waals surface area contributed by atoms with Crippen molar-refractivity contribution in [2.24, 2.45) is 5.73 Å². The van der Waals surface area contributed by atoms with Crippen molar-refractivity contribution < 1.29 is 8.42 Å². The number of nitrogens with zero attached hydrogens (tertiary/aromatic N) is 3. The molecule has 0 amide bonds. The third kappa shape index (κ3) is 3.09. The molecule has 8 heteroatoms. The first-order valence-corrected chi connectivity index (χ1v) is 7.40. The molecule has 0 atom stereocenters. The van der Waals surface area contributed by atoms with Gasteiger partial charge in [-0.15, -0.1) is 5.10 Å². The van der Waals surface area contributed by atoms with Crippen LogP contribution in [0.1, 0.15) is 17.0 Å². The maximum Gasteiger partial charge on any atom is 0.264 e. The van der Waals surface area contributed by atoms with Crippen LogP contribution in [0.2, 0.25) is 0 Å². The zero-order valence-corrected chi connectivity index (χ0v) is 12.0. The lowest BCUT2D eigenvalue weighted by molar-refractivity contribution is 0.600. The molecule has 1 aromatic heterocycles. The van der Waals surface area contributed by atoms with Crippen molar-refractivity contribution in [1.82, 2.24) is 15.2 Å². The predicted molar refractivity (Wildman–Crippen MR) is 74.4 cm³/mol. The fourth-order valence-electron chi connectivity index (χ4n) is 1.48.